The number of hydrogen-bond donors (Lipinski definition) is 1. The van der Waals surface area contributed by atoms with Crippen LogP contribution in [0.4, 0.5) is 5.82 Å². The Kier molecular flexibility index (Phi) is 4.52. The molecule has 3 heteroatoms. The van der Waals surface area contributed by atoms with Crippen LogP contribution in [0.15, 0.2) is 77.2 Å². The molecule has 4 aromatic rings. The number of benzene rings is 2. The molecule has 0 saturated heterocycles. The molecular weight excluding hydrogens is 320 g/mol. The van der Waals surface area contributed by atoms with E-state index in [2.05, 4.69) is 41.7 Å². The number of pyridine rings is 1. The summed E-state index contributed by atoms with van der Waals surface area (Å²) in [5, 5.41) is 4.50. The first-order valence-electron chi connectivity index (χ1n) is 8.70. The second-order valence-corrected chi connectivity index (χ2v) is 6.22. The van der Waals surface area contributed by atoms with E-state index in [0.29, 0.717) is 6.54 Å². The molecule has 0 amide bonds. The van der Waals surface area contributed by atoms with Crippen molar-refractivity contribution in [3.63, 3.8) is 0 Å². The minimum atomic E-state index is 0.612. The molecule has 2 aromatic carbocycles. The normalized spacial score (nSPS) is 11.3. The van der Waals surface area contributed by atoms with E-state index < -0.39 is 0 Å². The second kappa shape index (κ2) is 7.28. The molecule has 0 aliphatic heterocycles. The lowest BCUT2D eigenvalue weighted by Gasteiger charge is -2.08. The topological polar surface area (TPSA) is 38.1 Å². The number of nitrogens with one attached hydrogen (secondary N) is 1. The molecule has 2 heterocycles. The van der Waals surface area contributed by atoms with E-state index in [1.54, 1.807) is 0 Å². The predicted molar refractivity (Wildman–Crippen MR) is 108 cm³/mol. The third-order valence-electron chi connectivity index (χ3n) is 4.24. The SMILES string of the molecule is Cc1ccc(CNc2cc(/C=C/c3ccccc3)c3ccccc3n2)o1. The first-order chi connectivity index (χ1) is 12.8. The molecule has 1 N–H and O–H groups in total. The molecule has 128 valence electrons. The fourth-order valence-electron chi connectivity index (χ4n) is 2.94. The number of rotatable bonds is 5. The zero-order valence-electron chi connectivity index (χ0n) is 14.6. The maximum Gasteiger partial charge on any atom is 0.127 e. The zero-order valence-corrected chi connectivity index (χ0v) is 14.6. The highest BCUT2D eigenvalue weighted by atomic mass is 16.3. The predicted octanol–water partition coefficient (Wildman–Crippen LogP) is 5.92. The Labute approximate surface area is 153 Å². The number of para-hydroxylation sites is 1. The molecule has 0 spiro atoms. The number of fused-ring (bicyclic) bond motifs is 1. The van der Waals surface area contributed by atoms with Crippen LogP contribution in [-0.4, -0.2) is 4.98 Å². The summed E-state index contributed by atoms with van der Waals surface area (Å²) in [6.07, 6.45) is 4.27. The smallest absolute Gasteiger partial charge is 0.127 e. The molecule has 0 fully saturated rings. The van der Waals surface area contributed by atoms with E-state index in [9.17, 15) is 0 Å². The van der Waals surface area contributed by atoms with Gasteiger partial charge in [0.1, 0.15) is 17.3 Å². The zero-order chi connectivity index (χ0) is 17.8. The molecule has 0 atom stereocenters. The Bertz CT molecular complexity index is 1050. The van der Waals surface area contributed by atoms with Crippen molar-refractivity contribution in [1.82, 2.24) is 4.98 Å². The highest BCUT2D eigenvalue weighted by molar-refractivity contribution is 5.92. The molecule has 0 radical (unpaired) electrons. The molecule has 2 aromatic heterocycles. The molecule has 0 saturated carbocycles. The third-order valence-corrected chi connectivity index (χ3v) is 4.24. The van der Waals surface area contributed by atoms with Crippen molar-refractivity contribution in [3.05, 3.63) is 95.4 Å². The third kappa shape index (κ3) is 3.67. The van der Waals surface area contributed by atoms with Gasteiger partial charge in [0.15, 0.2) is 0 Å². The Morgan fingerprint density at radius 1 is 0.923 bits per heavy atom. The lowest BCUT2D eigenvalue weighted by Crippen LogP contribution is -2.01. The summed E-state index contributed by atoms with van der Waals surface area (Å²) in [6, 6.07) is 24.5. The Hall–Kier alpha value is -3.33. The van der Waals surface area contributed by atoms with Crippen LogP contribution in [0.3, 0.4) is 0 Å². The van der Waals surface area contributed by atoms with Crippen LogP contribution < -0.4 is 5.32 Å². The lowest BCUT2D eigenvalue weighted by atomic mass is 10.1. The fourth-order valence-corrected chi connectivity index (χ4v) is 2.94. The summed E-state index contributed by atoms with van der Waals surface area (Å²) in [4.78, 5) is 4.73. The van der Waals surface area contributed by atoms with Gasteiger partial charge < -0.3 is 9.73 Å². The highest BCUT2D eigenvalue weighted by Crippen LogP contribution is 2.23. The summed E-state index contributed by atoms with van der Waals surface area (Å²) in [6.45, 7) is 2.56. The van der Waals surface area contributed by atoms with Crippen molar-refractivity contribution >= 4 is 28.9 Å². The van der Waals surface area contributed by atoms with Gasteiger partial charge in [-0.3, -0.25) is 0 Å². The molecule has 26 heavy (non-hydrogen) atoms. The van der Waals surface area contributed by atoms with E-state index in [1.807, 2.05) is 55.5 Å². The van der Waals surface area contributed by atoms with Gasteiger partial charge in [-0.05, 0) is 42.3 Å². The van der Waals surface area contributed by atoms with Crippen molar-refractivity contribution in [3.8, 4) is 0 Å². The van der Waals surface area contributed by atoms with Crippen LogP contribution in [0.5, 0.6) is 0 Å². The van der Waals surface area contributed by atoms with Gasteiger partial charge in [0.2, 0.25) is 0 Å². The molecule has 0 unspecified atom stereocenters. The van der Waals surface area contributed by atoms with Crippen LogP contribution in [0.25, 0.3) is 23.1 Å². The van der Waals surface area contributed by atoms with Crippen molar-refractivity contribution in [2.45, 2.75) is 13.5 Å². The van der Waals surface area contributed by atoms with Gasteiger partial charge in [-0.1, -0.05) is 60.7 Å². The number of nitrogens with zero attached hydrogens (tertiary/aromatic N) is 1. The monoisotopic (exact) mass is 340 g/mol. The molecule has 0 aliphatic carbocycles. The van der Waals surface area contributed by atoms with Crippen LogP contribution in [-0.2, 0) is 6.54 Å². The largest absolute Gasteiger partial charge is 0.465 e. The molecular formula is C23H20N2O. The van der Waals surface area contributed by atoms with Crippen LogP contribution in [0.2, 0.25) is 0 Å². The molecule has 3 nitrogen and oxygen atoms in total. The van der Waals surface area contributed by atoms with Crippen molar-refractivity contribution < 1.29 is 4.42 Å². The number of hydrogen-bond acceptors (Lipinski definition) is 3. The maximum atomic E-state index is 5.62. The van der Waals surface area contributed by atoms with Crippen LogP contribution >= 0.6 is 0 Å². The quantitative estimate of drug-likeness (QED) is 0.490. The summed E-state index contributed by atoms with van der Waals surface area (Å²) in [7, 11) is 0. The van der Waals surface area contributed by atoms with Gasteiger partial charge in [-0.25, -0.2) is 4.98 Å². The van der Waals surface area contributed by atoms with E-state index in [1.165, 1.54) is 5.56 Å². The minimum Gasteiger partial charge on any atom is -0.465 e. The molecule has 4 rings (SSSR count). The molecule has 0 bridgehead atoms. The van der Waals surface area contributed by atoms with Gasteiger partial charge >= 0.3 is 0 Å². The summed E-state index contributed by atoms with van der Waals surface area (Å²) in [5.41, 5.74) is 3.28. The minimum absolute atomic E-state index is 0.612. The van der Waals surface area contributed by atoms with Crippen molar-refractivity contribution in [1.29, 1.82) is 0 Å². The van der Waals surface area contributed by atoms with Crippen LogP contribution in [0.1, 0.15) is 22.6 Å². The maximum absolute atomic E-state index is 5.62. The second-order valence-electron chi connectivity index (χ2n) is 6.22. The summed E-state index contributed by atoms with van der Waals surface area (Å²) < 4.78 is 5.62. The first-order valence-corrected chi connectivity index (χ1v) is 8.70. The van der Waals surface area contributed by atoms with Gasteiger partial charge in [-0.2, -0.15) is 0 Å². The van der Waals surface area contributed by atoms with Crippen molar-refractivity contribution in [2.24, 2.45) is 0 Å². The lowest BCUT2D eigenvalue weighted by molar-refractivity contribution is 0.490. The van der Waals surface area contributed by atoms with E-state index in [0.717, 1.165) is 33.8 Å². The van der Waals surface area contributed by atoms with Gasteiger partial charge in [0.05, 0.1) is 12.1 Å². The van der Waals surface area contributed by atoms with E-state index in [4.69, 9.17) is 9.40 Å². The highest BCUT2D eigenvalue weighted by Gasteiger charge is 2.05. The first kappa shape index (κ1) is 16.2. The number of aromatic nitrogens is 1. The average molecular weight is 340 g/mol. The van der Waals surface area contributed by atoms with Crippen LogP contribution in [0, 0.1) is 6.92 Å². The number of aryl methyl sites for hydroxylation is 1. The fraction of sp³-hybridized carbons (Fsp3) is 0.0870. The van der Waals surface area contributed by atoms with E-state index >= 15 is 0 Å². The Morgan fingerprint density at radius 2 is 1.73 bits per heavy atom. The summed E-state index contributed by atoms with van der Waals surface area (Å²) >= 11 is 0. The molecule has 0 aliphatic rings. The van der Waals surface area contributed by atoms with Crippen molar-refractivity contribution in [2.75, 3.05) is 5.32 Å². The Balaban J connectivity index is 1.65. The Morgan fingerprint density at radius 3 is 2.54 bits per heavy atom. The number of furan rings is 1. The number of anilines is 1. The standard InChI is InChI=1S/C23H20N2O/c1-17-11-14-20(26-17)16-24-23-15-19(13-12-18-7-3-2-4-8-18)21-9-5-6-10-22(21)25-23/h2-15H,16H2,1H3,(H,24,25)/b13-12+. The average Bonchev–Trinajstić information content (AvgIpc) is 3.10. The van der Waals surface area contributed by atoms with Gasteiger partial charge in [0.25, 0.3) is 0 Å². The van der Waals surface area contributed by atoms with Gasteiger partial charge in [-0.15, -0.1) is 0 Å². The van der Waals surface area contributed by atoms with Gasteiger partial charge in [0, 0.05) is 5.39 Å². The van der Waals surface area contributed by atoms with E-state index in [-0.39, 0.29) is 0 Å². The summed E-state index contributed by atoms with van der Waals surface area (Å²) in [5.74, 6) is 2.66.